The third-order valence-corrected chi connectivity index (χ3v) is 6.73. The van der Waals surface area contributed by atoms with Crippen LogP contribution in [0.5, 0.6) is 5.75 Å². The minimum Gasteiger partial charge on any atom is -0.495 e. The summed E-state index contributed by atoms with van der Waals surface area (Å²) in [6.45, 7) is 5.51. The lowest BCUT2D eigenvalue weighted by Crippen LogP contribution is -2.48. The lowest BCUT2D eigenvalue weighted by molar-refractivity contribution is 0.378. The van der Waals surface area contributed by atoms with E-state index in [9.17, 15) is 12.8 Å². The Labute approximate surface area is 154 Å². The SMILES string of the molecule is COc1ccc(C)cc1N1CCN(S(=O)(=O)c2ccc(F)cc2C)CC1. The van der Waals surface area contributed by atoms with Gasteiger partial charge in [-0.3, -0.25) is 0 Å². The third-order valence-electron chi connectivity index (χ3n) is 4.67. The number of rotatable bonds is 4. The monoisotopic (exact) mass is 378 g/mol. The predicted molar refractivity (Wildman–Crippen MR) is 99.8 cm³/mol. The molecular weight excluding hydrogens is 355 g/mol. The molecule has 2 aromatic carbocycles. The van der Waals surface area contributed by atoms with E-state index in [0.717, 1.165) is 17.0 Å². The number of halogens is 1. The molecule has 0 bridgehead atoms. The zero-order chi connectivity index (χ0) is 18.9. The van der Waals surface area contributed by atoms with Crippen LogP contribution in [0, 0.1) is 19.7 Å². The molecule has 2 aromatic rings. The summed E-state index contributed by atoms with van der Waals surface area (Å²) in [4.78, 5) is 2.30. The molecule has 140 valence electrons. The highest BCUT2D eigenvalue weighted by molar-refractivity contribution is 7.89. The first kappa shape index (κ1) is 18.7. The van der Waals surface area contributed by atoms with Crippen molar-refractivity contribution in [2.75, 3.05) is 38.2 Å². The first-order chi connectivity index (χ1) is 12.3. The van der Waals surface area contributed by atoms with Crippen molar-refractivity contribution < 1.29 is 17.5 Å². The number of methoxy groups -OCH3 is 1. The molecule has 1 saturated heterocycles. The van der Waals surface area contributed by atoms with Crippen LogP contribution in [0.2, 0.25) is 0 Å². The lowest BCUT2D eigenvalue weighted by atomic mass is 10.1. The summed E-state index contributed by atoms with van der Waals surface area (Å²) in [6.07, 6.45) is 0. The highest BCUT2D eigenvalue weighted by Crippen LogP contribution is 2.31. The van der Waals surface area contributed by atoms with Gasteiger partial charge in [-0.05, 0) is 55.3 Å². The molecule has 1 aliphatic heterocycles. The Hall–Kier alpha value is -2.12. The smallest absolute Gasteiger partial charge is 0.243 e. The maximum atomic E-state index is 13.3. The van der Waals surface area contributed by atoms with Gasteiger partial charge in [0.1, 0.15) is 11.6 Å². The van der Waals surface area contributed by atoms with E-state index in [0.29, 0.717) is 31.7 Å². The molecule has 0 radical (unpaired) electrons. The molecule has 26 heavy (non-hydrogen) atoms. The minimum atomic E-state index is -3.63. The summed E-state index contributed by atoms with van der Waals surface area (Å²) >= 11 is 0. The normalized spacial score (nSPS) is 15.9. The Morgan fingerprint density at radius 2 is 1.69 bits per heavy atom. The highest BCUT2D eigenvalue weighted by atomic mass is 32.2. The third kappa shape index (κ3) is 3.54. The number of piperazine rings is 1. The Morgan fingerprint density at radius 1 is 1.00 bits per heavy atom. The summed E-state index contributed by atoms with van der Waals surface area (Å²) in [5, 5.41) is 0. The van der Waals surface area contributed by atoms with Crippen molar-refractivity contribution in [2.45, 2.75) is 18.7 Å². The van der Waals surface area contributed by atoms with Gasteiger partial charge in [-0.2, -0.15) is 4.31 Å². The van der Waals surface area contributed by atoms with E-state index in [4.69, 9.17) is 4.74 Å². The van der Waals surface area contributed by atoms with Crippen LogP contribution < -0.4 is 9.64 Å². The zero-order valence-electron chi connectivity index (χ0n) is 15.2. The van der Waals surface area contributed by atoms with Crippen LogP contribution in [-0.2, 0) is 10.0 Å². The van der Waals surface area contributed by atoms with Crippen molar-refractivity contribution >= 4 is 15.7 Å². The number of hydrogen-bond acceptors (Lipinski definition) is 4. The number of sulfonamides is 1. The average Bonchev–Trinajstić information content (AvgIpc) is 2.61. The topological polar surface area (TPSA) is 49.9 Å². The van der Waals surface area contributed by atoms with Gasteiger partial charge in [0.2, 0.25) is 10.0 Å². The molecule has 0 spiro atoms. The van der Waals surface area contributed by atoms with Crippen molar-refractivity contribution in [3.8, 4) is 5.75 Å². The Balaban J connectivity index is 1.79. The molecule has 1 aliphatic rings. The molecule has 3 rings (SSSR count). The van der Waals surface area contributed by atoms with E-state index in [1.807, 2.05) is 25.1 Å². The lowest BCUT2D eigenvalue weighted by Gasteiger charge is -2.36. The van der Waals surface area contributed by atoms with Crippen molar-refractivity contribution in [3.05, 3.63) is 53.3 Å². The molecule has 0 aromatic heterocycles. The van der Waals surface area contributed by atoms with Crippen LogP contribution in [0.4, 0.5) is 10.1 Å². The summed E-state index contributed by atoms with van der Waals surface area (Å²) in [5.41, 5.74) is 2.52. The zero-order valence-corrected chi connectivity index (χ0v) is 16.0. The van der Waals surface area contributed by atoms with Crippen molar-refractivity contribution in [2.24, 2.45) is 0 Å². The van der Waals surface area contributed by atoms with Gasteiger partial charge in [0, 0.05) is 26.2 Å². The Morgan fingerprint density at radius 3 is 2.31 bits per heavy atom. The number of benzene rings is 2. The van der Waals surface area contributed by atoms with Gasteiger partial charge in [0.25, 0.3) is 0 Å². The second kappa shape index (κ2) is 7.25. The maximum Gasteiger partial charge on any atom is 0.243 e. The van der Waals surface area contributed by atoms with Gasteiger partial charge < -0.3 is 9.64 Å². The van der Waals surface area contributed by atoms with Crippen LogP contribution in [0.15, 0.2) is 41.3 Å². The van der Waals surface area contributed by atoms with Gasteiger partial charge in [0.05, 0.1) is 17.7 Å². The fraction of sp³-hybridized carbons (Fsp3) is 0.368. The highest BCUT2D eigenvalue weighted by Gasteiger charge is 2.30. The number of anilines is 1. The fourth-order valence-electron chi connectivity index (χ4n) is 3.26. The molecule has 7 heteroatoms. The van der Waals surface area contributed by atoms with Crippen LogP contribution in [0.3, 0.4) is 0 Å². The van der Waals surface area contributed by atoms with Crippen LogP contribution >= 0.6 is 0 Å². The van der Waals surface area contributed by atoms with Crippen molar-refractivity contribution in [1.82, 2.24) is 4.31 Å². The molecule has 1 fully saturated rings. The Kier molecular flexibility index (Phi) is 5.20. The molecule has 0 unspecified atom stereocenters. The van der Waals surface area contributed by atoms with Gasteiger partial charge in [-0.15, -0.1) is 0 Å². The van der Waals surface area contributed by atoms with E-state index >= 15 is 0 Å². The standard InChI is InChI=1S/C19H23FN2O3S/c1-14-4-6-18(25-3)17(12-14)21-8-10-22(11-9-21)26(23,24)19-7-5-16(20)13-15(19)2/h4-7,12-13H,8-11H2,1-3H3. The van der Waals surface area contributed by atoms with Gasteiger partial charge in [-0.1, -0.05) is 6.07 Å². The number of nitrogens with zero attached hydrogens (tertiary/aromatic N) is 2. The summed E-state index contributed by atoms with van der Waals surface area (Å²) < 4.78 is 46.0. The fourth-order valence-corrected chi connectivity index (χ4v) is 4.89. The van der Waals surface area contributed by atoms with E-state index in [1.54, 1.807) is 14.0 Å². The first-order valence-corrected chi connectivity index (χ1v) is 9.93. The molecule has 0 aliphatic carbocycles. The molecule has 0 saturated carbocycles. The average molecular weight is 378 g/mol. The van der Waals surface area contributed by atoms with Gasteiger partial charge >= 0.3 is 0 Å². The van der Waals surface area contributed by atoms with Crippen molar-refractivity contribution in [1.29, 1.82) is 0 Å². The Bertz CT molecular complexity index is 907. The molecule has 1 heterocycles. The van der Waals surface area contributed by atoms with E-state index in [2.05, 4.69) is 4.90 Å². The first-order valence-electron chi connectivity index (χ1n) is 8.49. The quantitative estimate of drug-likeness (QED) is 0.821. The molecular formula is C19H23FN2O3S. The van der Waals surface area contributed by atoms with Gasteiger partial charge in [-0.25, -0.2) is 12.8 Å². The second-order valence-corrected chi connectivity index (χ2v) is 8.38. The molecule has 0 N–H and O–H groups in total. The van der Waals surface area contributed by atoms with Crippen LogP contribution in [-0.4, -0.2) is 46.0 Å². The summed E-state index contributed by atoms with van der Waals surface area (Å²) in [6, 6.07) is 9.74. The van der Waals surface area contributed by atoms with Gasteiger partial charge in [0.15, 0.2) is 0 Å². The number of hydrogen-bond donors (Lipinski definition) is 0. The van der Waals surface area contributed by atoms with E-state index in [1.165, 1.54) is 22.5 Å². The number of ether oxygens (including phenoxy) is 1. The van der Waals surface area contributed by atoms with Crippen LogP contribution in [0.1, 0.15) is 11.1 Å². The summed E-state index contributed by atoms with van der Waals surface area (Å²) in [5.74, 6) is 0.346. The second-order valence-electron chi connectivity index (χ2n) is 6.48. The van der Waals surface area contributed by atoms with E-state index < -0.39 is 15.8 Å². The van der Waals surface area contributed by atoms with Crippen LogP contribution in [0.25, 0.3) is 0 Å². The maximum absolute atomic E-state index is 13.3. The largest absolute Gasteiger partial charge is 0.495 e. The van der Waals surface area contributed by atoms with E-state index in [-0.39, 0.29) is 4.90 Å². The number of aryl methyl sites for hydroxylation is 2. The summed E-state index contributed by atoms with van der Waals surface area (Å²) in [7, 11) is -2.00. The molecule has 0 atom stereocenters. The molecule has 0 amide bonds. The van der Waals surface area contributed by atoms with Crippen molar-refractivity contribution in [3.63, 3.8) is 0 Å². The predicted octanol–water partition coefficient (Wildman–Crippen LogP) is 2.96. The molecule has 5 nitrogen and oxygen atoms in total. The minimum absolute atomic E-state index is 0.167.